The highest BCUT2D eigenvalue weighted by atomic mass is 35.5. The van der Waals surface area contributed by atoms with E-state index in [4.69, 9.17) is 32.4 Å². The van der Waals surface area contributed by atoms with Crippen LogP contribution in [0.15, 0.2) is 53.1 Å². The number of ether oxygens (including phenoxy) is 1. The number of hydrogen-bond donors (Lipinski definition) is 0. The fourth-order valence-electron chi connectivity index (χ4n) is 2.03. The lowest BCUT2D eigenvalue weighted by atomic mass is 10.2. The lowest BCUT2D eigenvalue weighted by Gasteiger charge is -2.04. The molecule has 0 spiro atoms. The summed E-state index contributed by atoms with van der Waals surface area (Å²) in [7, 11) is 0. The predicted molar refractivity (Wildman–Crippen MR) is 89.4 cm³/mol. The second kappa shape index (κ2) is 6.90. The molecule has 2 aromatic carbocycles. The molecule has 0 N–H and O–H groups in total. The van der Waals surface area contributed by atoms with Crippen LogP contribution in [-0.4, -0.2) is 9.91 Å². The Kier molecular flexibility index (Phi) is 4.69. The summed E-state index contributed by atoms with van der Waals surface area (Å²) in [6.45, 7) is 0.0204. The van der Waals surface area contributed by atoms with Gasteiger partial charge in [-0.2, -0.15) is 0 Å². The van der Waals surface area contributed by atoms with Gasteiger partial charge in [0, 0.05) is 21.7 Å². The number of rotatable bonds is 5. The van der Waals surface area contributed by atoms with Gasteiger partial charge in [-0.05, 0) is 30.3 Å². The third kappa shape index (κ3) is 3.67. The third-order valence-corrected chi connectivity index (χ3v) is 3.59. The maximum absolute atomic E-state index is 11.0. The summed E-state index contributed by atoms with van der Waals surface area (Å²) >= 11 is 11.7. The van der Waals surface area contributed by atoms with E-state index in [9.17, 15) is 10.1 Å². The van der Waals surface area contributed by atoms with Crippen molar-refractivity contribution < 1.29 is 14.1 Å². The van der Waals surface area contributed by atoms with E-state index in [0.717, 1.165) is 5.56 Å². The van der Waals surface area contributed by atoms with Crippen LogP contribution in [0.5, 0.6) is 5.75 Å². The zero-order valence-corrected chi connectivity index (χ0v) is 13.6. The van der Waals surface area contributed by atoms with Gasteiger partial charge in [-0.3, -0.25) is 10.1 Å². The Bertz CT molecular complexity index is 895. The van der Waals surface area contributed by atoms with E-state index in [0.29, 0.717) is 16.6 Å². The van der Waals surface area contributed by atoms with Crippen LogP contribution in [0, 0.1) is 10.1 Å². The maximum Gasteiger partial charge on any atom is 0.312 e. The topological polar surface area (TPSA) is 78.4 Å². The number of hydrogen-bond acceptors (Lipinski definition) is 5. The highest BCUT2D eigenvalue weighted by Crippen LogP contribution is 2.30. The van der Waals surface area contributed by atoms with Crippen molar-refractivity contribution in [3.8, 4) is 17.2 Å². The van der Waals surface area contributed by atoms with Gasteiger partial charge in [-0.1, -0.05) is 29.3 Å². The zero-order valence-electron chi connectivity index (χ0n) is 12.1. The van der Waals surface area contributed by atoms with Crippen molar-refractivity contribution >= 4 is 28.9 Å². The Morgan fingerprint density at radius 2 is 1.96 bits per heavy atom. The Labute approximate surface area is 146 Å². The second-order valence-corrected chi connectivity index (χ2v) is 5.69. The first-order valence-electron chi connectivity index (χ1n) is 6.80. The van der Waals surface area contributed by atoms with Gasteiger partial charge in [0.1, 0.15) is 18.6 Å². The first kappa shape index (κ1) is 16.3. The molecule has 0 aliphatic rings. The summed E-state index contributed by atoms with van der Waals surface area (Å²) in [6.07, 6.45) is 1.43. The van der Waals surface area contributed by atoms with Gasteiger partial charge >= 0.3 is 5.69 Å². The average Bonchev–Trinajstić information content (AvgIpc) is 3.02. The van der Waals surface area contributed by atoms with Crippen molar-refractivity contribution in [1.82, 2.24) is 4.98 Å². The molecule has 0 amide bonds. The molecular weight excluding hydrogens is 355 g/mol. The van der Waals surface area contributed by atoms with E-state index in [-0.39, 0.29) is 23.1 Å². The van der Waals surface area contributed by atoms with Crippen LogP contribution in [0.25, 0.3) is 11.5 Å². The largest absolute Gasteiger partial charge is 0.480 e. The Hall–Kier alpha value is -2.57. The van der Waals surface area contributed by atoms with Crippen LogP contribution < -0.4 is 4.74 Å². The van der Waals surface area contributed by atoms with Gasteiger partial charge in [0.25, 0.3) is 0 Å². The lowest BCUT2D eigenvalue weighted by Crippen LogP contribution is -1.99. The van der Waals surface area contributed by atoms with Crippen molar-refractivity contribution in [2.75, 3.05) is 0 Å². The molecule has 0 unspecified atom stereocenters. The fraction of sp³-hybridized carbons (Fsp3) is 0.0625. The Morgan fingerprint density at radius 3 is 2.71 bits per heavy atom. The number of nitro groups is 1. The molecule has 3 rings (SSSR count). The molecule has 1 aromatic heterocycles. The van der Waals surface area contributed by atoms with Gasteiger partial charge in [0.05, 0.1) is 4.92 Å². The van der Waals surface area contributed by atoms with Gasteiger partial charge in [-0.25, -0.2) is 4.98 Å². The molecule has 0 bridgehead atoms. The molecule has 122 valence electrons. The van der Waals surface area contributed by atoms with Crippen molar-refractivity contribution in [2.45, 2.75) is 6.61 Å². The average molecular weight is 365 g/mol. The fourth-order valence-corrected chi connectivity index (χ4v) is 2.39. The smallest absolute Gasteiger partial charge is 0.312 e. The van der Waals surface area contributed by atoms with Gasteiger partial charge in [0.2, 0.25) is 5.89 Å². The molecule has 1 heterocycles. The SMILES string of the molecule is O=[N+]([O-])c1cc(Cl)ccc1OCc1coc(-c2cccc(Cl)c2)n1. The molecule has 0 saturated heterocycles. The van der Waals surface area contributed by atoms with E-state index >= 15 is 0 Å². The van der Waals surface area contributed by atoms with Crippen LogP contribution in [0.2, 0.25) is 10.0 Å². The third-order valence-electron chi connectivity index (χ3n) is 3.12. The lowest BCUT2D eigenvalue weighted by molar-refractivity contribution is -0.385. The first-order valence-corrected chi connectivity index (χ1v) is 7.55. The summed E-state index contributed by atoms with van der Waals surface area (Å²) in [5.74, 6) is 0.499. The van der Waals surface area contributed by atoms with E-state index in [2.05, 4.69) is 4.98 Å². The minimum atomic E-state index is -0.554. The van der Waals surface area contributed by atoms with Gasteiger partial charge in [0.15, 0.2) is 5.75 Å². The zero-order chi connectivity index (χ0) is 17.1. The van der Waals surface area contributed by atoms with Crippen LogP contribution in [0.1, 0.15) is 5.69 Å². The van der Waals surface area contributed by atoms with E-state index in [1.54, 1.807) is 18.2 Å². The van der Waals surface area contributed by atoms with Crippen molar-refractivity contribution in [2.24, 2.45) is 0 Å². The van der Waals surface area contributed by atoms with Crippen LogP contribution in [0.3, 0.4) is 0 Å². The molecule has 0 aliphatic carbocycles. The summed E-state index contributed by atoms with van der Waals surface area (Å²) < 4.78 is 10.8. The molecule has 0 saturated carbocycles. The standard InChI is InChI=1S/C16H10Cl2N2O4/c17-11-3-1-2-10(6-11)16-19-13(9-24-16)8-23-15-5-4-12(18)7-14(15)20(21)22/h1-7,9H,8H2. The number of oxazole rings is 1. The van der Waals surface area contributed by atoms with Crippen molar-refractivity contribution in [1.29, 1.82) is 0 Å². The number of aromatic nitrogens is 1. The quantitative estimate of drug-likeness (QED) is 0.462. The Morgan fingerprint density at radius 1 is 1.17 bits per heavy atom. The molecule has 0 radical (unpaired) electrons. The molecule has 6 nitrogen and oxygen atoms in total. The number of nitro benzene ring substituents is 1. The molecule has 0 fully saturated rings. The van der Waals surface area contributed by atoms with Crippen LogP contribution in [-0.2, 0) is 6.61 Å². The highest BCUT2D eigenvalue weighted by molar-refractivity contribution is 6.31. The number of nitrogens with zero attached hydrogens (tertiary/aromatic N) is 2. The molecule has 8 heteroatoms. The van der Waals surface area contributed by atoms with E-state index in [1.807, 2.05) is 6.07 Å². The minimum Gasteiger partial charge on any atom is -0.480 e. The van der Waals surface area contributed by atoms with E-state index < -0.39 is 4.92 Å². The van der Waals surface area contributed by atoms with Gasteiger partial charge in [-0.15, -0.1) is 0 Å². The molecule has 0 atom stereocenters. The summed E-state index contributed by atoms with van der Waals surface area (Å²) in [4.78, 5) is 14.8. The van der Waals surface area contributed by atoms with Gasteiger partial charge < -0.3 is 9.15 Å². The van der Waals surface area contributed by atoms with Crippen LogP contribution in [0.4, 0.5) is 5.69 Å². The number of benzene rings is 2. The monoisotopic (exact) mass is 364 g/mol. The minimum absolute atomic E-state index is 0.0204. The molecular formula is C16H10Cl2N2O4. The van der Waals surface area contributed by atoms with E-state index in [1.165, 1.54) is 24.5 Å². The molecule has 3 aromatic rings. The summed E-state index contributed by atoms with van der Waals surface area (Å²) in [6, 6.07) is 11.3. The highest BCUT2D eigenvalue weighted by Gasteiger charge is 2.16. The first-order chi connectivity index (χ1) is 11.5. The summed E-state index contributed by atoms with van der Waals surface area (Å²) in [5.41, 5.74) is 1.02. The normalized spacial score (nSPS) is 10.6. The van der Waals surface area contributed by atoms with Crippen molar-refractivity contribution in [3.05, 3.63) is 74.6 Å². The Balaban J connectivity index is 1.76. The predicted octanol–water partition coefficient (Wildman–Crippen LogP) is 5.14. The second-order valence-electron chi connectivity index (χ2n) is 4.81. The van der Waals surface area contributed by atoms with Crippen molar-refractivity contribution in [3.63, 3.8) is 0 Å². The number of halogens is 2. The maximum atomic E-state index is 11.0. The molecule has 24 heavy (non-hydrogen) atoms. The molecule has 0 aliphatic heterocycles. The summed E-state index contributed by atoms with van der Waals surface area (Å²) in [5, 5.41) is 11.9. The van der Waals surface area contributed by atoms with Crippen LogP contribution >= 0.6 is 23.2 Å².